The Kier molecular flexibility index (Phi) is 3.28. The molecule has 1 aliphatic rings. The van der Waals surface area contributed by atoms with Crippen molar-refractivity contribution in [2.75, 3.05) is 13.7 Å². The van der Waals surface area contributed by atoms with Crippen LogP contribution in [-0.2, 0) is 14.3 Å². The van der Waals surface area contributed by atoms with E-state index in [9.17, 15) is 9.59 Å². The highest BCUT2D eigenvalue weighted by Crippen LogP contribution is 2.36. The van der Waals surface area contributed by atoms with Gasteiger partial charge < -0.3 is 14.3 Å². The molecule has 0 aromatic carbocycles. The lowest BCUT2D eigenvalue weighted by molar-refractivity contribution is -0.116. The Morgan fingerprint density at radius 1 is 1.56 bits per heavy atom. The molecule has 0 aliphatic carbocycles. The van der Waals surface area contributed by atoms with Gasteiger partial charge in [-0.3, -0.25) is 4.90 Å². The van der Waals surface area contributed by atoms with Crippen LogP contribution in [0.5, 0.6) is 0 Å². The molecule has 0 radical (unpaired) electrons. The number of rotatable bonds is 1. The molecule has 1 aliphatic heterocycles. The number of ether oxygens (including phenoxy) is 2. The normalized spacial score (nSPS) is 30.3. The molecule has 5 heteroatoms. The summed E-state index contributed by atoms with van der Waals surface area (Å²) >= 11 is 0. The molecule has 0 aromatic rings. The molecule has 0 aromatic heterocycles. The van der Waals surface area contributed by atoms with Gasteiger partial charge in [0.1, 0.15) is 18.1 Å². The summed E-state index contributed by atoms with van der Waals surface area (Å²) in [5.41, 5.74) is -1.21. The fourth-order valence-corrected chi connectivity index (χ4v) is 1.79. The second-order valence-corrected chi connectivity index (χ2v) is 5.34. The van der Waals surface area contributed by atoms with Gasteiger partial charge in [-0.25, -0.2) is 4.79 Å². The smallest absolute Gasteiger partial charge is 0.412 e. The van der Waals surface area contributed by atoms with Crippen molar-refractivity contribution in [3.8, 4) is 0 Å². The molecule has 92 valence electrons. The fraction of sp³-hybridized carbons (Fsp3) is 0.818. The molecule has 1 fully saturated rings. The molecule has 1 rings (SSSR count). The zero-order valence-corrected chi connectivity index (χ0v) is 10.4. The van der Waals surface area contributed by atoms with Crippen molar-refractivity contribution >= 4 is 12.4 Å². The number of carbonyl (C=O) groups is 2. The first-order valence-electron chi connectivity index (χ1n) is 5.21. The SMILES string of the molecule is COC(=O)N1C(C(C)(C)C)OCC1(C)C=O. The van der Waals surface area contributed by atoms with Crippen LogP contribution in [0.3, 0.4) is 0 Å². The predicted molar refractivity (Wildman–Crippen MR) is 57.9 cm³/mol. The van der Waals surface area contributed by atoms with Gasteiger partial charge in [0.05, 0.1) is 13.7 Å². The summed E-state index contributed by atoms with van der Waals surface area (Å²) in [6, 6.07) is 0. The summed E-state index contributed by atoms with van der Waals surface area (Å²) < 4.78 is 10.3. The number of carbonyl (C=O) groups excluding carboxylic acids is 2. The van der Waals surface area contributed by atoms with Crippen LogP contribution in [-0.4, -0.2) is 42.8 Å². The maximum atomic E-state index is 11.7. The summed E-state index contributed by atoms with van der Waals surface area (Å²) in [6.45, 7) is 7.72. The van der Waals surface area contributed by atoms with E-state index in [1.54, 1.807) is 6.92 Å². The first kappa shape index (κ1) is 13.0. The maximum absolute atomic E-state index is 11.7. The Morgan fingerprint density at radius 3 is 2.50 bits per heavy atom. The van der Waals surface area contributed by atoms with Crippen LogP contribution in [0.2, 0.25) is 0 Å². The average Bonchev–Trinajstić information content (AvgIpc) is 2.55. The number of hydrogen-bond donors (Lipinski definition) is 0. The van der Waals surface area contributed by atoms with E-state index in [2.05, 4.69) is 0 Å². The number of aldehydes is 1. The van der Waals surface area contributed by atoms with E-state index in [1.807, 2.05) is 20.8 Å². The molecule has 0 spiro atoms. The second-order valence-electron chi connectivity index (χ2n) is 5.34. The highest BCUT2D eigenvalue weighted by molar-refractivity contribution is 5.77. The molecule has 1 saturated heterocycles. The second kappa shape index (κ2) is 4.05. The molecule has 0 saturated carbocycles. The van der Waals surface area contributed by atoms with Crippen molar-refractivity contribution in [2.45, 2.75) is 39.5 Å². The molecule has 16 heavy (non-hydrogen) atoms. The highest BCUT2D eigenvalue weighted by atomic mass is 16.6. The molecule has 1 amide bonds. The van der Waals surface area contributed by atoms with E-state index in [1.165, 1.54) is 12.0 Å². The van der Waals surface area contributed by atoms with Crippen molar-refractivity contribution in [2.24, 2.45) is 5.41 Å². The minimum atomic E-state index is -0.939. The van der Waals surface area contributed by atoms with Gasteiger partial charge >= 0.3 is 6.09 Å². The minimum absolute atomic E-state index is 0.202. The fourth-order valence-electron chi connectivity index (χ4n) is 1.79. The standard InChI is InChI=1S/C11H19NO4/c1-10(2,3)8-12(9(14)15-5)11(4,6-13)7-16-8/h6,8H,7H2,1-5H3. The summed E-state index contributed by atoms with van der Waals surface area (Å²) in [5.74, 6) is 0. The van der Waals surface area contributed by atoms with Gasteiger partial charge in [0.2, 0.25) is 0 Å². The van der Waals surface area contributed by atoms with Gasteiger partial charge in [-0.2, -0.15) is 0 Å². The monoisotopic (exact) mass is 229 g/mol. The number of methoxy groups -OCH3 is 1. The molecule has 1 heterocycles. The zero-order valence-electron chi connectivity index (χ0n) is 10.4. The van der Waals surface area contributed by atoms with Crippen LogP contribution in [0.1, 0.15) is 27.7 Å². The summed E-state index contributed by atoms with van der Waals surface area (Å²) in [4.78, 5) is 24.2. The molecule has 2 atom stereocenters. The summed E-state index contributed by atoms with van der Waals surface area (Å²) in [6.07, 6.45) is -0.252. The number of nitrogens with zero attached hydrogens (tertiary/aromatic N) is 1. The van der Waals surface area contributed by atoms with Gasteiger partial charge in [-0.05, 0) is 6.92 Å². The molecule has 5 nitrogen and oxygen atoms in total. The van der Waals surface area contributed by atoms with Crippen molar-refractivity contribution in [1.82, 2.24) is 4.90 Å². The quantitative estimate of drug-likeness (QED) is 0.638. The van der Waals surface area contributed by atoms with E-state index < -0.39 is 17.9 Å². The molecular weight excluding hydrogens is 210 g/mol. The number of amides is 1. The van der Waals surface area contributed by atoms with Gasteiger partial charge in [0.15, 0.2) is 0 Å². The van der Waals surface area contributed by atoms with E-state index >= 15 is 0 Å². The van der Waals surface area contributed by atoms with E-state index in [4.69, 9.17) is 9.47 Å². The Morgan fingerprint density at radius 2 is 2.12 bits per heavy atom. The molecule has 2 unspecified atom stereocenters. The van der Waals surface area contributed by atoms with E-state index in [-0.39, 0.29) is 12.0 Å². The third-order valence-electron chi connectivity index (χ3n) is 2.68. The molecule has 0 N–H and O–H groups in total. The van der Waals surface area contributed by atoms with Gasteiger partial charge in [-0.1, -0.05) is 20.8 Å². The van der Waals surface area contributed by atoms with E-state index in [0.29, 0.717) is 0 Å². The first-order valence-corrected chi connectivity index (χ1v) is 5.21. The highest BCUT2D eigenvalue weighted by Gasteiger charge is 2.51. The van der Waals surface area contributed by atoms with Crippen LogP contribution in [0.15, 0.2) is 0 Å². The number of hydrogen-bond acceptors (Lipinski definition) is 4. The molecular formula is C11H19NO4. The van der Waals surface area contributed by atoms with Crippen LogP contribution in [0.4, 0.5) is 4.79 Å². The Hall–Kier alpha value is -1.10. The Labute approximate surface area is 95.7 Å². The van der Waals surface area contributed by atoms with Crippen LogP contribution in [0, 0.1) is 5.41 Å². The lowest BCUT2D eigenvalue weighted by Gasteiger charge is -2.36. The van der Waals surface area contributed by atoms with Crippen LogP contribution < -0.4 is 0 Å². The maximum Gasteiger partial charge on any atom is 0.412 e. The van der Waals surface area contributed by atoms with Gasteiger partial charge in [-0.15, -0.1) is 0 Å². The topological polar surface area (TPSA) is 55.8 Å². The Bertz CT molecular complexity index is 297. The van der Waals surface area contributed by atoms with Crippen molar-refractivity contribution in [3.63, 3.8) is 0 Å². The lowest BCUT2D eigenvalue weighted by atomic mass is 9.92. The van der Waals surface area contributed by atoms with Gasteiger partial charge in [0, 0.05) is 5.41 Å². The van der Waals surface area contributed by atoms with E-state index in [0.717, 1.165) is 6.29 Å². The summed E-state index contributed by atoms with van der Waals surface area (Å²) in [5, 5.41) is 0. The van der Waals surface area contributed by atoms with Crippen molar-refractivity contribution < 1.29 is 19.1 Å². The van der Waals surface area contributed by atoms with Crippen LogP contribution in [0.25, 0.3) is 0 Å². The van der Waals surface area contributed by atoms with Crippen molar-refractivity contribution in [3.05, 3.63) is 0 Å². The van der Waals surface area contributed by atoms with Crippen LogP contribution >= 0.6 is 0 Å². The van der Waals surface area contributed by atoms with Crippen molar-refractivity contribution in [1.29, 1.82) is 0 Å². The zero-order chi connectivity index (χ0) is 12.6. The third kappa shape index (κ3) is 2.04. The predicted octanol–water partition coefficient (Wildman–Crippen LogP) is 1.41. The molecule has 0 bridgehead atoms. The van der Waals surface area contributed by atoms with Gasteiger partial charge in [0.25, 0.3) is 0 Å². The minimum Gasteiger partial charge on any atom is -0.453 e. The average molecular weight is 229 g/mol. The third-order valence-corrected chi connectivity index (χ3v) is 2.68. The first-order chi connectivity index (χ1) is 7.26. The Balaban J connectivity index is 3.07. The summed E-state index contributed by atoms with van der Waals surface area (Å²) in [7, 11) is 1.30. The largest absolute Gasteiger partial charge is 0.453 e. The lowest BCUT2D eigenvalue weighted by Crippen LogP contribution is -2.54.